The molecule has 2 amide bonds. The number of carbonyl (C=O) groups is 1. The maximum atomic E-state index is 10.9. The molecule has 2 aromatic heterocycles. The molecule has 1 aromatic carbocycles. The molecule has 0 fully saturated rings. The molecule has 7 heteroatoms. The lowest BCUT2D eigenvalue weighted by Gasteiger charge is -2.11. The predicted molar refractivity (Wildman–Crippen MR) is 95.5 cm³/mol. The third kappa shape index (κ3) is 2.56. The van der Waals surface area contributed by atoms with E-state index in [0.717, 1.165) is 34.8 Å². The van der Waals surface area contributed by atoms with E-state index in [4.69, 9.17) is 10.7 Å². The molecule has 122 valence electrons. The van der Waals surface area contributed by atoms with Gasteiger partial charge in [0.2, 0.25) is 0 Å². The van der Waals surface area contributed by atoms with Gasteiger partial charge in [0.15, 0.2) is 4.96 Å². The topological polar surface area (TPSA) is 84.8 Å². The Morgan fingerprint density at radius 3 is 2.88 bits per heavy atom. The lowest BCUT2D eigenvalue weighted by atomic mass is 10.0. The first kappa shape index (κ1) is 14.9. The van der Waals surface area contributed by atoms with Crippen LogP contribution < -0.4 is 11.2 Å². The summed E-state index contributed by atoms with van der Waals surface area (Å²) in [5.74, 6) is 0. The fourth-order valence-corrected chi connectivity index (χ4v) is 4.36. The van der Waals surface area contributed by atoms with E-state index in [1.165, 1.54) is 23.4 Å². The molecule has 0 saturated heterocycles. The summed E-state index contributed by atoms with van der Waals surface area (Å²) in [4.78, 5) is 18.1. The Hall–Kier alpha value is -2.67. The number of hydrogen-bond donors (Lipinski definition) is 2. The minimum absolute atomic E-state index is 0.680. The SMILES string of the molecule is NC(=O)N/N=C/c1c(-c2ccccc2)nc2sc3c(n12)CCCC3. The van der Waals surface area contributed by atoms with Gasteiger partial charge in [0, 0.05) is 16.1 Å². The number of nitrogens with zero attached hydrogens (tertiary/aromatic N) is 3. The molecule has 1 aliphatic rings. The van der Waals surface area contributed by atoms with Gasteiger partial charge in [-0.1, -0.05) is 30.3 Å². The number of primary amides is 1. The lowest BCUT2D eigenvalue weighted by Crippen LogP contribution is -2.24. The minimum Gasteiger partial charge on any atom is -0.350 e. The highest BCUT2D eigenvalue weighted by atomic mass is 32.1. The average Bonchev–Trinajstić information content (AvgIpc) is 3.12. The Balaban J connectivity index is 1.90. The summed E-state index contributed by atoms with van der Waals surface area (Å²) in [5, 5.41) is 3.97. The van der Waals surface area contributed by atoms with Crippen LogP contribution >= 0.6 is 11.3 Å². The fourth-order valence-electron chi connectivity index (χ4n) is 3.14. The normalized spacial score (nSPS) is 14.2. The molecule has 0 radical (unpaired) electrons. The lowest BCUT2D eigenvalue weighted by molar-refractivity contribution is 0.249. The van der Waals surface area contributed by atoms with Crippen molar-refractivity contribution in [3.05, 3.63) is 46.6 Å². The molecular formula is C17H17N5OS. The Bertz CT molecular complexity index is 926. The van der Waals surface area contributed by atoms with Crippen molar-refractivity contribution in [1.82, 2.24) is 14.8 Å². The van der Waals surface area contributed by atoms with Crippen LogP contribution in [-0.4, -0.2) is 21.6 Å². The molecule has 2 heterocycles. The van der Waals surface area contributed by atoms with E-state index >= 15 is 0 Å². The van der Waals surface area contributed by atoms with Crippen molar-refractivity contribution in [2.24, 2.45) is 10.8 Å². The van der Waals surface area contributed by atoms with Crippen molar-refractivity contribution in [2.45, 2.75) is 25.7 Å². The van der Waals surface area contributed by atoms with Gasteiger partial charge in [0.1, 0.15) is 0 Å². The predicted octanol–water partition coefficient (Wildman–Crippen LogP) is 2.94. The number of rotatable bonds is 3. The van der Waals surface area contributed by atoms with Gasteiger partial charge in [-0.2, -0.15) is 5.10 Å². The first-order valence-corrected chi connectivity index (χ1v) is 8.72. The van der Waals surface area contributed by atoms with Crippen molar-refractivity contribution in [1.29, 1.82) is 0 Å². The molecule has 0 aliphatic heterocycles. The second-order valence-corrected chi connectivity index (χ2v) is 6.81. The zero-order valence-corrected chi connectivity index (χ0v) is 13.8. The first-order chi connectivity index (χ1) is 11.7. The van der Waals surface area contributed by atoms with E-state index in [0.29, 0.717) is 0 Å². The largest absolute Gasteiger partial charge is 0.350 e. The van der Waals surface area contributed by atoms with Crippen molar-refractivity contribution < 1.29 is 4.79 Å². The summed E-state index contributed by atoms with van der Waals surface area (Å²) < 4.78 is 2.17. The maximum Gasteiger partial charge on any atom is 0.332 e. The molecule has 0 saturated carbocycles. The summed E-state index contributed by atoms with van der Waals surface area (Å²) in [5.41, 5.74) is 11.5. The number of amides is 2. The molecule has 0 bridgehead atoms. The number of nitrogens with two attached hydrogens (primary N) is 1. The molecular weight excluding hydrogens is 322 g/mol. The van der Waals surface area contributed by atoms with Gasteiger partial charge >= 0.3 is 6.03 Å². The third-order valence-electron chi connectivity index (χ3n) is 4.16. The van der Waals surface area contributed by atoms with Crippen LogP contribution in [0.5, 0.6) is 0 Å². The summed E-state index contributed by atoms with van der Waals surface area (Å²) in [6, 6.07) is 9.32. The van der Waals surface area contributed by atoms with Gasteiger partial charge in [0.05, 0.1) is 17.6 Å². The van der Waals surface area contributed by atoms with Crippen molar-refractivity contribution in [2.75, 3.05) is 0 Å². The summed E-state index contributed by atoms with van der Waals surface area (Å²) in [7, 11) is 0. The van der Waals surface area contributed by atoms with Crippen molar-refractivity contribution in [3.8, 4) is 11.3 Å². The van der Waals surface area contributed by atoms with E-state index in [9.17, 15) is 4.79 Å². The number of fused-ring (bicyclic) bond motifs is 3. The molecule has 3 aromatic rings. The first-order valence-electron chi connectivity index (χ1n) is 7.91. The summed E-state index contributed by atoms with van der Waals surface area (Å²) in [6.07, 6.45) is 6.21. The van der Waals surface area contributed by atoms with E-state index in [-0.39, 0.29) is 0 Å². The summed E-state index contributed by atoms with van der Waals surface area (Å²) >= 11 is 1.75. The molecule has 0 spiro atoms. The quantitative estimate of drug-likeness (QED) is 0.568. The van der Waals surface area contributed by atoms with Crippen LogP contribution in [0.15, 0.2) is 35.4 Å². The smallest absolute Gasteiger partial charge is 0.332 e. The van der Waals surface area contributed by atoms with Crippen LogP contribution in [0.3, 0.4) is 0 Å². The van der Waals surface area contributed by atoms with Gasteiger partial charge in [-0.3, -0.25) is 4.40 Å². The maximum absolute atomic E-state index is 10.9. The molecule has 0 atom stereocenters. The zero-order chi connectivity index (χ0) is 16.5. The molecule has 24 heavy (non-hydrogen) atoms. The Labute approximate surface area is 143 Å². The van der Waals surface area contributed by atoms with Gasteiger partial charge < -0.3 is 5.73 Å². The number of nitrogens with one attached hydrogen (secondary N) is 1. The van der Waals surface area contributed by atoms with Crippen LogP contribution in [0.25, 0.3) is 16.2 Å². The van der Waals surface area contributed by atoms with Gasteiger partial charge in [-0.15, -0.1) is 11.3 Å². The Morgan fingerprint density at radius 2 is 2.08 bits per heavy atom. The van der Waals surface area contributed by atoms with Gasteiger partial charge in [-0.05, 0) is 25.7 Å². The molecule has 1 aliphatic carbocycles. The number of benzene rings is 1. The number of aryl methyl sites for hydroxylation is 2. The van der Waals surface area contributed by atoms with E-state index in [1.807, 2.05) is 30.3 Å². The average molecular weight is 339 g/mol. The second kappa shape index (κ2) is 6.09. The van der Waals surface area contributed by atoms with Crippen LogP contribution in [0.1, 0.15) is 29.1 Å². The number of hydrogen-bond acceptors (Lipinski definition) is 4. The highest BCUT2D eigenvalue weighted by molar-refractivity contribution is 7.17. The van der Waals surface area contributed by atoms with Crippen molar-refractivity contribution >= 4 is 28.5 Å². The number of thiazole rings is 1. The Morgan fingerprint density at radius 1 is 1.29 bits per heavy atom. The standard InChI is InChI=1S/C17H17N5OS/c18-16(23)21-19-10-13-15(11-6-2-1-3-7-11)20-17-22(13)12-8-4-5-9-14(12)24-17/h1-3,6-7,10H,4-5,8-9H2,(H3,18,21,23)/b19-10+. The monoisotopic (exact) mass is 339 g/mol. The van der Waals surface area contributed by atoms with Crippen molar-refractivity contribution in [3.63, 3.8) is 0 Å². The van der Waals surface area contributed by atoms with Gasteiger partial charge in [-0.25, -0.2) is 15.2 Å². The molecule has 0 unspecified atom stereocenters. The van der Waals surface area contributed by atoms with E-state index in [1.54, 1.807) is 17.6 Å². The highest BCUT2D eigenvalue weighted by Crippen LogP contribution is 2.34. The van der Waals surface area contributed by atoms with E-state index < -0.39 is 6.03 Å². The second-order valence-electron chi connectivity index (χ2n) is 5.74. The highest BCUT2D eigenvalue weighted by Gasteiger charge is 2.22. The molecule has 6 nitrogen and oxygen atoms in total. The number of imidazole rings is 1. The number of aromatic nitrogens is 2. The van der Waals surface area contributed by atoms with Crippen LogP contribution in [0.4, 0.5) is 4.79 Å². The number of urea groups is 1. The fraction of sp³-hybridized carbons (Fsp3) is 0.235. The molecule has 4 rings (SSSR count). The summed E-state index contributed by atoms with van der Waals surface area (Å²) in [6.45, 7) is 0. The van der Waals surface area contributed by atoms with E-state index in [2.05, 4.69) is 14.9 Å². The van der Waals surface area contributed by atoms with Gasteiger partial charge in [0.25, 0.3) is 0 Å². The minimum atomic E-state index is -0.680. The van der Waals surface area contributed by atoms with Crippen LogP contribution in [0.2, 0.25) is 0 Å². The number of hydrazone groups is 1. The molecule has 3 N–H and O–H groups in total. The third-order valence-corrected chi connectivity index (χ3v) is 5.31. The zero-order valence-electron chi connectivity index (χ0n) is 13.0. The Kier molecular flexibility index (Phi) is 3.78. The van der Waals surface area contributed by atoms with Crippen LogP contribution in [0, 0.1) is 0 Å². The number of carbonyl (C=O) groups excluding carboxylic acids is 1. The van der Waals surface area contributed by atoms with Crippen LogP contribution in [-0.2, 0) is 12.8 Å².